The molecule has 1 aliphatic rings. The zero-order valence-corrected chi connectivity index (χ0v) is 19.6. The Bertz CT molecular complexity index is 1220. The molecule has 1 amide bonds. The molecule has 35 heavy (non-hydrogen) atoms. The summed E-state index contributed by atoms with van der Waals surface area (Å²) in [6.07, 6.45) is 5.30. The van der Waals surface area contributed by atoms with Crippen LogP contribution in [0.3, 0.4) is 0 Å². The molecule has 1 fully saturated rings. The van der Waals surface area contributed by atoms with Gasteiger partial charge in [-0.1, -0.05) is 60.7 Å². The van der Waals surface area contributed by atoms with Gasteiger partial charge in [0.2, 0.25) is 0 Å². The molecule has 5 rings (SSSR count). The van der Waals surface area contributed by atoms with Crippen LogP contribution < -0.4 is 5.32 Å². The fourth-order valence-electron chi connectivity index (χ4n) is 4.35. The Balaban J connectivity index is 1.43. The maximum atomic E-state index is 13.7. The third-order valence-corrected chi connectivity index (χ3v) is 6.18. The highest BCUT2D eigenvalue weighted by Gasteiger charge is 2.24. The average molecular weight is 468 g/mol. The fourth-order valence-corrected chi connectivity index (χ4v) is 4.35. The minimum absolute atomic E-state index is 0.148. The van der Waals surface area contributed by atoms with E-state index < -0.39 is 0 Å². The summed E-state index contributed by atoms with van der Waals surface area (Å²) < 4.78 is 7.33. The molecule has 0 bridgehead atoms. The van der Waals surface area contributed by atoms with E-state index in [4.69, 9.17) is 9.84 Å². The van der Waals surface area contributed by atoms with Gasteiger partial charge in [0, 0.05) is 43.8 Å². The van der Waals surface area contributed by atoms with Crippen LogP contribution in [0.4, 0.5) is 0 Å². The van der Waals surface area contributed by atoms with Gasteiger partial charge in [0.25, 0.3) is 5.91 Å². The number of ether oxygens (including phenoxy) is 1. The number of carbonyl (C=O) groups is 1. The van der Waals surface area contributed by atoms with Gasteiger partial charge in [-0.05, 0) is 23.3 Å². The molecule has 0 saturated carbocycles. The zero-order valence-electron chi connectivity index (χ0n) is 19.6. The molecule has 1 saturated heterocycles. The number of morpholine rings is 1. The minimum atomic E-state index is -0.152. The van der Waals surface area contributed by atoms with Crippen LogP contribution in [0, 0.1) is 0 Å². The van der Waals surface area contributed by atoms with E-state index in [-0.39, 0.29) is 11.9 Å². The van der Waals surface area contributed by atoms with Crippen molar-refractivity contribution in [3.8, 4) is 11.3 Å². The summed E-state index contributed by atoms with van der Waals surface area (Å²) in [6, 6.07) is 23.9. The number of rotatable bonds is 8. The fraction of sp³-hybridized carbons (Fsp3) is 0.250. The molecule has 3 heterocycles. The maximum absolute atomic E-state index is 13.7. The number of hydrogen-bond donors (Lipinski definition) is 1. The monoisotopic (exact) mass is 467 g/mol. The minimum Gasteiger partial charge on any atom is -0.379 e. The molecule has 178 valence electrons. The second kappa shape index (κ2) is 11.1. The third-order valence-electron chi connectivity index (χ3n) is 6.18. The van der Waals surface area contributed by atoms with Crippen molar-refractivity contribution >= 4 is 5.91 Å². The van der Waals surface area contributed by atoms with Crippen LogP contribution in [-0.4, -0.2) is 58.4 Å². The van der Waals surface area contributed by atoms with Crippen LogP contribution in [0.2, 0.25) is 0 Å². The first-order valence-electron chi connectivity index (χ1n) is 11.9. The van der Waals surface area contributed by atoms with Crippen LogP contribution in [0.5, 0.6) is 0 Å². The van der Waals surface area contributed by atoms with Crippen LogP contribution >= 0.6 is 0 Å². The van der Waals surface area contributed by atoms with Gasteiger partial charge in [-0.25, -0.2) is 0 Å². The molecular formula is C28H29N5O2. The van der Waals surface area contributed by atoms with E-state index >= 15 is 0 Å². The molecule has 1 unspecified atom stereocenters. The van der Waals surface area contributed by atoms with Crippen molar-refractivity contribution in [3.63, 3.8) is 0 Å². The second-order valence-corrected chi connectivity index (χ2v) is 8.67. The number of aromatic nitrogens is 3. The molecule has 1 atom stereocenters. The van der Waals surface area contributed by atoms with Gasteiger partial charge in [-0.15, -0.1) is 0 Å². The zero-order chi connectivity index (χ0) is 23.9. The maximum Gasteiger partial charge on any atom is 0.255 e. The van der Waals surface area contributed by atoms with Crippen molar-refractivity contribution in [1.29, 1.82) is 0 Å². The molecule has 1 aliphatic heterocycles. The highest BCUT2D eigenvalue weighted by atomic mass is 16.5. The number of benzene rings is 2. The van der Waals surface area contributed by atoms with Crippen molar-refractivity contribution in [2.75, 3.05) is 32.8 Å². The number of pyridine rings is 1. The quantitative estimate of drug-likeness (QED) is 0.427. The van der Waals surface area contributed by atoms with E-state index in [0.29, 0.717) is 31.0 Å². The van der Waals surface area contributed by atoms with E-state index in [1.165, 1.54) is 0 Å². The van der Waals surface area contributed by atoms with Crippen molar-refractivity contribution in [2.24, 2.45) is 0 Å². The van der Waals surface area contributed by atoms with Crippen molar-refractivity contribution in [3.05, 3.63) is 108 Å². The summed E-state index contributed by atoms with van der Waals surface area (Å²) in [5.41, 5.74) is 4.18. The Morgan fingerprint density at radius 2 is 1.71 bits per heavy atom. The Morgan fingerprint density at radius 3 is 2.43 bits per heavy atom. The molecule has 0 spiro atoms. The number of nitrogens with zero attached hydrogens (tertiary/aromatic N) is 4. The normalized spacial score (nSPS) is 15.0. The molecule has 1 N–H and O–H groups in total. The Morgan fingerprint density at radius 1 is 0.971 bits per heavy atom. The average Bonchev–Trinajstić information content (AvgIpc) is 3.34. The summed E-state index contributed by atoms with van der Waals surface area (Å²) in [6.45, 7) is 4.45. The highest BCUT2D eigenvalue weighted by Crippen LogP contribution is 2.23. The standard InChI is InChI=1S/C28H29N5O2/c34-28(30-26(23-10-5-2-6-11-23)21-32-14-16-35-17-15-32)25-20-33(19-22-8-3-1-4-9-22)31-27(25)24-12-7-13-29-18-24/h1-13,18,20,26H,14-17,19,21H2,(H,30,34). The van der Waals surface area contributed by atoms with Gasteiger partial charge in [-0.3, -0.25) is 19.4 Å². The van der Waals surface area contributed by atoms with E-state index in [2.05, 4.69) is 39.5 Å². The van der Waals surface area contributed by atoms with Crippen molar-refractivity contribution in [1.82, 2.24) is 25.0 Å². The Kier molecular flexibility index (Phi) is 7.27. The predicted octanol–water partition coefficient (Wildman–Crippen LogP) is 3.80. The molecule has 0 aliphatic carbocycles. The SMILES string of the molecule is O=C(NC(CN1CCOCC1)c1ccccc1)c1cn(Cc2ccccc2)nc1-c1cccnc1. The van der Waals surface area contributed by atoms with Crippen LogP contribution in [0.25, 0.3) is 11.3 Å². The number of carbonyl (C=O) groups excluding carboxylic acids is 1. The second-order valence-electron chi connectivity index (χ2n) is 8.67. The lowest BCUT2D eigenvalue weighted by atomic mass is 10.0. The Hall–Kier alpha value is -3.81. The van der Waals surface area contributed by atoms with Gasteiger partial charge in [-0.2, -0.15) is 5.10 Å². The first kappa shape index (κ1) is 23.0. The molecule has 2 aromatic carbocycles. The van der Waals surface area contributed by atoms with E-state index in [1.54, 1.807) is 12.4 Å². The molecular weight excluding hydrogens is 438 g/mol. The number of amides is 1. The first-order chi connectivity index (χ1) is 17.3. The molecule has 4 aromatic rings. The topological polar surface area (TPSA) is 72.3 Å². The number of nitrogens with one attached hydrogen (secondary N) is 1. The van der Waals surface area contributed by atoms with E-state index in [9.17, 15) is 4.79 Å². The summed E-state index contributed by atoms with van der Waals surface area (Å²) in [4.78, 5) is 20.3. The molecule has 7 nitrogen and oxygen atoms in total. The third kappa shape index (κ3) is 5.82. The molecule has 0 radical (unpaired) electrons. The van der Waals surface area contributed by atoms with E-state index in [0.717, 1.165) is 36.3 Å². The van der Waals surface area contributed by atoms with Crippen molar-refractivity contribution in [2.45, 2.75) is 12.6 Å². The lowest BCUT2D eigenvalue weighted by Gasteiger charge is -2.31. The number of hydrogen-bond acceptors (Lipinski definition) is 5. The summed E-state index contributed by atoms with van der Waals surface area (Å²) >= 11 is 0. The smallest absolute Gasteiger partial charge is 0.255 e. The largest absolute Gasteiger partial charge is 0.379 e. The highest BCUT2D eigenvalue weighted by molar-refractivity contribution is 6.00. The van der Waals surface area contributed by atoms with E-state index in [1.807, 2.05) is 59.4 Å². The van der Waals surface area contributed by atoms with Gasteiger partial charge in [0.1, 0.15) is 5.69 Å². The van der Waals surface area contributed by atoms with Crippen LogP contribution in [-0.2, 0) is 11.3 Å². The lowest BCUT2D eigenvalue weighted by Crippen LogP contribution is -2.43. The van der Waals surface area contributed by atoms with Gasteiger partial charge in [0.05, 0.1) is 31.4 Å². The molecule has 7 heteroatoms. The van der Waals surface area contributed by atoms with Crippen LogP contribution in [0.1, 0.15) is 27.5 Å². The summed E-state index contributed by atoms with van der Waals surface area (Å²) in [5, 5.41) is 8.07. The van der Waals surface area contributed by atoms with Gasteiger partial charge >= 0.3 is 0 Å². The molecule has 2 aromatic heterocycles. The first-order valence-corrected chi connectivity index (χ1v) is 11.9. The van der Waals surface area contributed by atoms with Crippen molar-refractivity contribution < 1.29 is 9.53 Å². The summed E-state index contributed by atoms with van der Waals surface area (Å²) in [5.74, 6) is -0.148. The van der Waals surface area contributed by atoms with Gasteiger partial charge < -0.3 is 10.1 Å². The van der Waals surface area contributed by atoms with Gasteiger partial charge in [0.15, 0.2) is 0 Å². The summed E-state index contributed by atoms with van der Waals surface area (Å²) in [7, 11) is 0. The van der Waals surface area contributed by atoms with Crippen LogP contribution in [0.15, 0.2) is 91.4 Å². The predicted molar refractivity (Wildman–Crippen MR) is 135 cm³/mol. The lowest BCUT2D eigenvalue weighted by molar-refractivity contribution is 0.0332. The Labute approximate surface area is 205 Å².